The van der Waals surface area contributed by atoms with E-state index in [4.69, 9.17) is 19.4 Å². The summed E-state index contributed by atoms with van der Waals surface area (Å²) in [6.45, 7) is 0. The Morgan fingerprint density at radius 2 is 0.739 bits per heavy atom. The fraction of sp³-hybridized carbons (Fsp3) is 0. The zero-order valence-corrected chi connectivity index (χ0v) is 15.1. The molecule has 4 aromatic rings. The molecule has 0 saturated heterocycles. The SMILES string of the molecule is [Cl][Ru][Cl].c1c[nH]cn1.c1c[nH]cn1.c1c[nH]cn1.c1c[nH]cn1. The average Bonchev–Trinajstić information content (AvgIpc) is 3.47. The van der Waals surface area contributed by atoms with Crippen molar-refractivity contribution in [3.63, 3.8) is 0 Å². The monoisotopic (exact) mass is 444 g/mol. The zero-order valence-electron chi connectivity index (χ0n) is 11.8. The van der Waals surface area contributed by atoms with Gasteiger partial charge in [0.2, 0.25) is 0 Å². The first kappa shape index (κ1) is 21.0. The maximum atomic E-state index is 4.85. The van der Waals surface area contributed by atoms with Gasteiger partial charge in [0.25, 0.3) is 0 Å². The maximum Gasteiger partial charge on any atom is 0.0919 e. The summed E-state index contributed by atoms with van der Waals surface area (Å²) in [6, 6.07) is 0. The van der Waals surface area contributed by atoms with Gasteiger partial charge >= 0.3 is 34.5 Å². The van der Waals surface area contributed by atoms with Crippen LogP contribution < -0.4 is 0 Å². The van der Waals surface area contributed by atoms with Crippen LogP contribution in [0.3, 0.4) is 0 Å². The molecule has 4 heterocycles. The largest absolute Gasteiger partial charge is 0.351 e. The molecule has 23 heavy (non-hydrogen) atoms. The van der Waals surface area contributed by atoms with Crippen LogP contribution in [0.5, 0.6) is 0 Å². The summed E-state index contributed by atoms with van der Waals surface area (Å²) >= 11 is -0.346. The number of hydrogen-bond acceptors (Lipinski definition) is 4. The van der Waals surface area contributed by atoms with Gasteiger partial charge in [-0.2, -0.15) is 0 Å². The molecule has 0 fully saturated rings. The van der Waals surface area contributed by atoms with Crippen molar-refractivity contribution >= 4 is 19.4 Å². The average molecular weight is 444 g/mol. The predicted molar refractivity (Wildman–Crippen MR) is 86.1 cm³/mol. The standard InChI is InChI=1S/4C3H4N2.2ClH.Ru/c4*1-2-5-3-4-1;;;/h4*1-3H,(H,4,5);2*1H;/q;;;;;;+2/p-2. The smallest absolute Gasteiger partial charge is 0.0919 e. The number of aromatic amines is 4. The third-order valence-electron chi connectivity index (χ3n) is 1.62. The van der Waals surface area contributed by atoms with Crippen molar-refractivity contribution in [3.05, 3.63) is 74.9 Å². The van der Waals surface area contributed by atoms with E-state index in [0.717, 1.165) is 0 Å². The minimum atomic E-state index is -0.346. The molecule has 11 heteroatoms. The van der Waals surface area contributed by atoms with Crippen molar-refractivity contribution < 1.29 is 15.1 Å². The summed E-state index contributed by atoms with van der Waals surface area (Å²) in [6.07, 6.45) is 20.3. The normalized spacial score (nSPS) is 7.91. The van der Waals surface area contributed by atoms with Crippen LogP contribution in [-0.4, -0.2) is 39.9 Å². The van der Waals surface area contributed by atoms with Crippen LogP contribution in [0.2, 0.25) is 0 Å². The molecule has 0 aliphatic rings. The summed E-state index contributed by atoms with van der Waals surface area (Å²) in [5.41, 5.74) is 0. The van der Waals surface area contributed by atoms with Gasteiger partial charge in [-0.1, -0.05) is 0 Å². The first-order chi connectivity index (χ1) is 11.4. The molecule has 0 saturated carbocycles. The molecule has 4 rings (SSSR count). The third-order valence-corrected chi connectivity index (χ3v) is 1.62. The van der Waals surface area contributed by atoms with Gasteiger partial charge in [0.05, 0.1) is 25.3 Å². The van der Waals surface area contributed by atoms with Gasteiger partial charge in [-0.15, -0.1) is 0 Å². The van der Waals surface area contributed by atoms with Crippen molar-refractivity contribution in [1.29, 1.82) is 0 Å². The molecule has 0 amide bonds. The fourth-order valence-corrected chi connectivity index (χ4v) is 0.861. The van der Waals surface area contributed by atoms with E-state index >= 15 is 0 Å². The number of halogens is 2. The fourth-order valence-electron chi connectivity index (χ4n) is 0.861. The summed E-state index contributed by atoms with van der Waals surface area (Å²) < 4.78 is 0. The Kier molecular flexibility index (Phi) is 18.3. The molecule has 0 spiro atoms. The van der Waals surface area contributed by atoms with Crippen LogP contribution in [-0.2, 0) is 15.1 Å². The van der Waals surface area contributed by atoms with Crippen LogP contribution in [0.1, 0.15) is 0 Å². The van der Waals surface area contributed by atoms with E-state index in [1.54, 1.807) is 74.9 Å². The maximum absolute atomic E-state index is 4.85. The molecule has 4 N–H and O–H groups in total. The molecule has 126 valence electrons. The number of nitrogens with zero attached hydrogens (tertiary/aromatic N) is 4. The molecule has 8 nitrogen and oxygen atoms in total. The molecule has 0 aliphatic heterocycles. The van der Waals surface area contributed by atoms with Gasteiger partial charge in [0, 0.05) is 49.6 Å². The van der Waals surface area contributed by atoms with Crippen molar-refractivity contribution in [3.8, 4) is 0 Å². The van der Waals surface area contributed by atoms with E-state index in [2.05, 4.69) is 39.9 Å². The van der Waals surface area contributed by atoms with Gasteiger partial charge in [-0.3, -0.25) is 0 Å². The molecule has 0 unspecified atom stereocenters. The third kappa shape index (κ3) is 20.0. The van der Waals surface area contributed by atoms with Gasteiger partial charge in [-0.25, -0.2) is 19.9 Å². The Hall–Kier alpha value is -1.96. The Bertz CT molecular complexity index is 380. The van der Waals surface area contributed by atoms with E-state index in [9.17, 15) is 0 Å². The zero-order chi connectivity index (χ0) is 16.8. The predicted octanol–water partition coefficient (Wildman–Crippen LogP) is 3.02. The van der Waals surface area contributed by atoms with Crippen LogP contribution in [0.25, 0.3) is 0 Å². The van der Waals surface area contributed by atoms with Gasteiger partial charge in [0.1, 0.15) is 0 Å². The minimum Gasteiger partial charge on any atom is -0.351 e. The van der Waals surface area contributed by atoms with E-state index < -0.39 is 0 Å². The van der Waals surface area contributed by atoms with E-state index in [1.165, 1.54) is 0 Å². The van der Waals surface area contributed by atoms with Gasteiger partial charge in [0.15, 0.2) is 0 Å². The van der Waals surface area contributed by atoms with Crippen LogP contribution in [0.4, 0.5) is 0 Å². The number of nitrogens with one attached hydrogen (secondary N) is 4. The van der Waals surface area contributed by atoms with E-state index in [1.807, 2.05) is 0 Å². The minimum absolute atomic E-state index is 0.346. The number of aromatic nitrogens is 8. The number of H-pyrrole nitrogens is 4. The molecule has 0 radical (unpaired) electrons. The number of hydrogen-bond donors (Lipinski definition) is 4. The van der Waals surface area contributed by atoms with Crippen molar-refractivity contribution in [1.82, 2.24) is 39.9 Å². The van der Waals surface area contributed by atoms with E-state index in [-0.39, 0.29) is 15.1 Å². The first-order valence-electron chi connectivity index (χ1n) is 5.98. The topological polar surface area (TPSA) is 115 Å². The second kappa shape index (κ2) is 20.0. The van der Waals surface area contributed by atoms with Crippen LogP contribution in [0, 0.1) is 0 Å². The summed E-state index contributed by atoms with van der Waals surface area (Å²) in [5.74, 6) is 0. The Balaban J connectivity index is 0.000000266. The van der Waals surface area contributed by atoms with Crippen molar-refractivity contribution in [2.75, 3.05) is 0 Å². The molecular formula is C12H16Cl2N8Ru. The number of imidazole rings is 4. The Labute approximate surface area is 149 Å². The molecule has 0 aliphatic carbocycles. The quantitative estimate of drug-likeness (QED) is 0.312. The molecular weight excluding hydrogens is 428 g/mol. The summed E-state index contributed by atoms with van der Waals surface area (Å²) in [7, 11) is 9.71. The van der Waals surface area contributed by atoms with Crippen molar-refractivity contribution in [2.24, 2.45) is 0 Å². The molecule has 0 bridgehead atoms. The van der Waals surface area contributed by atoms with Crippen LogP contribution >= 0.6 is 19.4 Å². The molecule has 0 atom stereocenters. The second-order valence-corrected chi connectivity index (χ2v) is 5.73. The Morgan fingerprint density at radius 1 is 0.522 bits per heavy atom. The van der Waals surface area contributed by atoms with E-state index in [0.29, 0.717) is 0 Å². The summed E-state index contributed by atoms with van der Waals surface area (Å²) in [5, 5.41) is 0. The van der Waals surface area contributed by atoms with Crippen LogP contribution in [0.15, 0.2) is 74.9 Å². The first-order valence-corrected chi connectivity index (χ1v) is 10.5. The Morgan fingerprint density at radius 3 is 0.783 bits per heavy atom. The number of rotatable bonds is 0. The van der Waals surface area contributed by atoms with Gasteiger partial charge < -0.3 is 19.9 Å². The van der Waals surface area contributed by atoms with Gasteiger partial charge in [-0.05, 0) is 0 Å². The van der Waals surface area contributed by atoms with Crippen molar-refractivity contribution in [2.45, 2.75) is 0 Å². The molecule has 0 aromatic carbocycles. The summed E-state index contributed by atoms with van der Waals surface area (Å²) in [4.78, 5) is 25.7. The second-order valence-electron chi connectivity index (χ2n) is 3.09. The molecule has 4 aromatic heterocycles.